The Morgan fingerprint density at radius 3 is 2.29 bits per heavy atom. The first-order valence-corrected chi connectivity index (χ1v) is 10.5. The predicted molar refractivity (Wildman–Crippen MR) is 118 cm³/mol. The number of aromatic hydroxyl groups is 5. The number of carbonyl (C=O) groups excluding carboxylic acids is 1. The van der Waals surface area contributed by atoms with Gasteiger partial charge < -0.3 is 55.1 Å². The van der Waals surface area contributed by atoms with Crippen LogP contribution in [0.4, 0.5) is 0 Å². The highest BCUT2D eigenvalue weighted by atomic mass is 16.7. The molecule has 0 amide bonds. The van der Waals surface area contributed by atoms with Gasteiger partial charge in [-0.2, -0.15) is 0 Å². The minimum absolute atomic E-state index is 0.0438. The first-order valence-electron chi connectivity index (χ1n) is 10.5. The molecule has 1 fully saturated rings. The zero-order valence-corrected chi connectivity index (χ0v) is 18.3. The number of phenolic OH excluding ortho intramolecular Hbond substituents is 5. The molecular weight excluding hydrogens is 468 g/mol. The van der Waals surface area contributed by atoms with E-state index >= 15 is 0 Å². The SMILES string of the molecule is O=C(C=Cc1ccc(O)c(O)c1)OC1C(CO)OC(OCCc2cc(O)c(O)cc2O)C(O)C1O. The van der Waals surface area contributed by atoms with E-state index in [9.17, 15) is 45.6 Å². The van der Waals surface area contributed by atoms with Crippen molar-refractivity contribution in [3.8, 4) is 28.7 Å². The lowest BCUT2D eigenvalue weighted by Gasteiger charge is -2.41. The fourth-order valence-electron chi connectivity index (χ4n) is 3.41. The molecule has 0 bridgehead atoms. The maximum atomic E-state index is 12.2. The summed E-state index contributed by atoms with van der Waals surface area (Å²) in [4.78, 5) is 12.2. The summed E-state index contributed by atoms with van der Waals surface area (Å²) in [5.41, 5.74) is 0.614. The van der Waals surface area contributed by atoms with Gasteiger partial charge in [0.25, 0.3) is 0 Å². The summed E-state index contributed by atoms with van der Waals surface area (Å²) >= 11 is 0. The molecule has 1 aliphatic heterocycles. The molecule has 12 nitrogen and oxygen atoms in total. The summed E-state index contributed by atoms with van der Waals surface area (Å²) in [6, 6.07) is 5.96. The second kappa shape index (κ2) is 11.3. The molecule has 0 saturated carbocycles. The van der Waals surface area contributed by atoms with E-state index in [1.54, 1.807) is 0 Å². The average molecular weight is 494 g/mol. The van der Waals surface area contributed by atoms with Crippen LogP contribution in [0.2, 0.25) is 0 Å². The van der Waals surface area contributed by atoms with Gasteiger partial charge in [0.2, 0.25) is 0 Å². The average Bonchev–Trinajstić information content (AvgIpc) is 2.82. The highest BCUT2D eigenvalue weighted by Crippen LogP contribution is 2.33. The minimum atomic E-state index is -1.67. The lowest BCUT2D eigenvalue weighted by Crippen LogP contribution is -2.60. The van der Waals surface area contributed by atoms with E-state index in [0.717, 1.165) is 18.2 Å². The maximum absolute atomic E-state index is 12.2. The molecular formula is C23H26O12. The van der Waals surface area contributed by atoms with Crippen LogP contribution in [0.1, 0.15) is 11.1 Å². The zero-order chi connectivity index (χ0) is 25.7. The van der Waals surface area contributed by atoms with E-state index in [2.05, 4.69) is 0 Å². The van der Waals surface area contributed by atoms with Crippen molar-refractivity contribution in [2.24, 2.45) is 0 Å². The molecule has 12 heteroatoms. The largest absolute Gasteiger partial charge is 0.508 e. The number of aliphatic hydroxyl groups excluding tert-OH is 3. The molecule has 35 heavy (non-hydrogen) atoms. The molecule has 8 N–H and O–H groups in total. The van der Waals surface area contributed by atoms with Crippen molar-refractivity contribution in [3.63, 3.8) is 0 Å². The fourth-order valence-corrected chi connectivity index (χ4v) is 3.41. The second-order valence-electron chi connectivity index (χ2n) is 7.78. The molecule has 0 aromatic heterocycles. The van der Waals surface area contributed by atoms with Crippen LogP contribution in [0.3, 0.4) is 0 Å². The lowest BCUT2D eigenvalue weighted by atomic mass is 9.99. The van der Waals surface area contributed by atoms with Gasteiger partial charge in [0.1, 0.15) is 24.1 Å². The van der Waals surface area contributed by atoms with Gasteiger partial charge >= 0.3 is 5.97 Å². The fraction of sp³-hybridized carbons (Fsp3) is 0.348. The molecule has 190 valence electrons. The van der Waals surface area contributed by atoms with Crippen molar-refractivity contribution in [2.75, 3.05) is 13.2 Å². The smallest absolute Gasteiger partial charge is 0.331 e. The van der Waals surface area contributed by atoms with Crippen LogP contribution in [0.5, 0.6) is 28.7 Å². The number of aliphatic hydroxyl groups is 3. The van der Waals surface area contributed by atoms with Crippen molar-refractivity contribution in [1.29, 1.82) is 0 Å². The number of benzene rings is 2. The van der Waals surface area contributed by atoms with E-state index in [0.29, 0.717) is 5.56 Å². The second-order valence-corrected chi connectivity index (χ2v) is 7.78. The number of ether oxygens (including phenoxy) is 3. The van der Waals surface area contributed by atoms with E-state index in [1.807, 2.05) is 0 Å². The highest BCUT2D eigenvalue weighted by molar-refractivity contribution is 5.87. The Balaban J connectivity index is 1.58. The molecule has 2 aromatic rings. The zero-order valence-electron chi connectivity index (χ0n) is 18.3. The van der Waals surface area contributed by atoms with Crippen LogP contribution < -0.4 is 0 Å². The van der Waals surface area contributed by atoms with Gasteiger partial charge in [-0.3, -0.25) is 0 Å². The van der Waals surface area contributed by atoms with Crippen molar-refractivity contribution in [2.45, 2.75) is 37.1 Å². The Labute approximate surface area is 199 Å². The maximum Gasteiger partial charge on any atom is 0.331 e. The Morgan fingerprint density at radius 2 is 1.60 bits per heavy atom. The summed E-state index contributed by atoms with van der Waals surface area (Å²) < 4.78 is 16.0. The minimum Gasteiger partial charge on any atom is -0.508 e. The van der Waals surface area contributed by atoms with Crippen molar-refractivity contribution < 1.29 is 59.9 Å². The molecule has 0 radical (unpaired) electrons. The lowest BCUT2D eigenvalue weighted by molar-refractivity contribution is -0.302. The van der Waals surface area contributed by atoms with Crippen LogP contribution in [0.15, 0.2) is 36.4 Å². The number of phenols is 5. The monoisotopic (exact) mass is 494 g/mol. The molecule has 0 spiro atoms. The molecule has 1 saturated heterocycles. The topological polar surface area (TPSA) is 207 Å². The van der Waals surface area contributed by atoms with Crippen LogP contribution in [-0.2, 0) is 25.4 Å². The Kier molecular flexibility index (Phi) is 8.38. The summed E-state index contributed by atoms with van der Waals surface area (Å²) in [6.07, 6.45) is -5.09. The summed E-state index contributed by atoms with van der Waals surface area (Å²) in [5, 5.41) is 78.0. The van der Waals surface area contributed by atoms with Crippen molar-refractivity contribution in [3.05, 3.63) is 47.5 Å². The number of hydrogen-bond acceptors (Lipinski definition) is 12. The standard InChI is InChI=1S/C23H26O12/c24-10-18-22(35-19(30)4-2-11-1-3-13(25)15(27)7-11)20(31)21(32)23(34-18)33-6-5-12-8-16(28)17(29)9-14(12)26/h1-4,7-9,18,20-29,31-32H,5-6,10H2. The molecule has 5 unspecified atom stereocenters. The normalized spacial score (nSPS) is 24.5. The predicted octanol–water partition coefficient (Wildman–Crippen LogP) is -0.162. The van der Waals surface area contributed by atoms with Gasteiger partial charge in [0, 0.05) is 17.7 Å². The third-order valence-electron chi connectivity index (χ3n) is 5.31. The van der Waals surface area contributed by atoms with Gasteiger partial charge in [-0.25, -0.2) is 4.79 Å². The van der Waals surface area contributed by atoms with E-state index < -0.39 is 54.8 Å². The number of rotatable bonds is 8. The van der Waals surface area contributed by atoms with Gasteiger partial charge in [-0.1, -0.05) is 6.07 Å². The van der Waals surface area contributed by atoms with Gasteiger partial charge in [0.15, 0.2) is 35.4 Å². The molecule has 0 aliphatic carbocycles. The molecule has 1 aliphatic rings. The molecule has 1 heterocycles. The molecule has 5 atom stereocenters. The Hall–Kier alpha value is -3.55. The van der Waals surface area contributed by atoms with Crippen LogP contribution in [0, 0.1) is 0 Å². The van der Waals surface area contributed by atoms with Gasteiger partial charge in [0.05, 0.1) is 13.2 Å². The molecule has 3 rings (SSSR count). The summed E-state index contributed by atoms with van der Waals surface area (Å²) in [6.45, 7) is -0.819. The van der Waals surface area contributed by atoms with Crippen molar-refractivity contribution in [1.82, 2.24) is 0 Å². The van der Waals surface area contributed by atoms with E-state index in [4.69, 9.17) is 14.2 Å². The number of carbonyl (C=O) groups is 1. The van der Waals surface area contributed by atoms with Gasteiger partial charge in [-0.15, -0.1) is 0 Å². The Bertz CT molecular complexity index is 1070. The third-order valence-corrected chi connectivity index (χ3v) is 5.31. The van der Waals surface area contributed by atoms with E-state index in [1.165, 1.54) is 24.3 Å². The summed E-state index contributed by atoms with van der Waals surface area (Å²) in [5.74, 6) is -2.87. The quantitative estimate of drug-likeness (QED) is 0.104. The highest BCUT2D eigenvalue weighted by Gasteiger charge is 2.46. The third kappa shape index (κ3) is 6.32. The number of esters is 1. The Morgan fingerprint density at radius 1 is 0.914 bits per heavy atom. The van der Waals surface area contributed by atoms with Crippen LogP contribution >= 0.6 is 0 Å². The van der Waals surface area contributed by atoms with Crippen LogP contribution in [0.25, 0.3) is 6.08 Å². The van der Waals surface area contributed by atoms with E-state index in [-0.39, 0.29) is 35.8 Å². The first kappa shape index (κ1) is 26.1. The van der Waals surface area contributed by atoms with Crippen LogP contribution in [-0.4, -0.2) is 90.7 Å². The first-order chi connectivity index (χ1) is 16.6. The van der Waals surface area contributed by atoms with Gasteiger partial charge in [-0.05, 0) is 36.3 Å². The number of hydrogen-bond donors (Lipinski definition) is 8. The molecule has 2 aromatic carbocycles. The van der Waals surface area contributed by atoms with Crippen molar-refractivity contribution >= 4 is 12.0 Å². The summed E-state index contributed by atoms with van der Waals surface area (Å²) in [7, 11) is 0.